The van der Waals surface area contributed by atoms with E-state index in [9.17, 15) is 31.2 Å². The van der Waals surface area contributed by atoms with E-state index in [2.05, 4.69) is 85.0 Å². The molecule has 0 aliphatic carbocycles. The van der Waals surface area contributed by atoms with Crippen molar-refractivity contribution in [2.75, 3.05) is 100 Å². The van der Waals surface area contributed by atoms with Crippen molar-refractivity contribution in [3.05, 3.63) is 94.3 Å². The molecule has 8 rings (SSSR count). The number of amides is 3. The number of aromatic nitrogens is 4. The van der Waals surface area contributed by atoms with Gasteiger partial charge in [0.1, 0.15) is 5.60 Å². The fourth-order valence-corrected chi connectivity index (χ4v) is 10.6. The molecule has 0 saturated carbocycles. The summed E-state index contributed by atoms with van der Waals surface area (Å²) in [4.78, 5) is 48.0. The summed E-state index contributed by atoms with van der Waals surface area (Å²) in [6.07, 6.45) is 9.03. The van der Waals surface area contributed by atoms with Crippen LogP contribution in [0.2, 0.25) is 0 Å². The number of piperidine rings is 2. The van der Waals surface area contributed by atoms with E-state index >= 15 is 0 Å². The van der Waals surface area contributed by atoms with Crippen LogP contribution in [0.3, 0.4) is 0 Å². The topological polar surface area (TPSA) is 217 Å². The van der Waals surface area contributed by atoms with Crippen LogP contribution in [0.15, 0.2) is 60.9 Å². The molecule has 0 radical (unpaired) electrons. The van der Waals surface area contributed by atoms with Gasteiger partial charge in [0, 0.05) is 103 Å². The van der Waals surface area contributed by atoms with Gasteiger partial charge in [0.25, 0.3) is 0 Å². The molecule has 4 aliphatic rings. The largest absolute Gasteiger partial charge is 0.444 e. The summed E-state index contributed by atoms with van der Waals surface area (Å²) >= 11 is 0. The Kier molecular flexibility index (Phi) is 17.2. The molecule has 3 N–H and O–H groups in total. The molecule has 3 amide bonds. The van der Waals surface area contributed by atoms with Crippen molar-refractivity contribution in [3.8, 4) is 0 Å². The summed E-state index contributed by atoms with van der Waals surface area (Å²) in [5.41, 5.74) is 7.56. The van der Waals surface area contributed by atoms with Crippen LogP contribution in [-0.2, 0) is 37.9 Å². The maximum Gasteiger partial charge on any atom is 0.410 e. The normalized spacial score (nSPS) is 18.2. The van der Waals surface area contributed by atoms with Gasteiger partial charge >= 0.3 is 18.2 Å². The van der Waals surface area contributed by atoms with Gasteiger partial charge in [0.2, 0.25) is 20.0 Å². The van der Waals surface area contributed by atoms with E-state index in [1.807, 2.05) is 25.7 Å². The smallest absolute Gasteiger partial charge is 0.410 e. The number of hydrogen-bond donors (Lipinski definition) is 3. The molecule has 4 saturated heterocycles. The molecule has 20 nitrogen and oxygen atoms in total. The summed E-state index contributed by atoms with van der Waals surface area (Å²) in [5.74, 6) is 1.31. The number of aryl methyl sites for hydroxylation is 2. The Bertz CT molecular complexity index is 2710. The summed E-state index contributed by atoms with van der Waals surface area (Å²) in [6, 6.07) is 15.9. The number of piperazine rings is 2. The van der Waals surface area contributed by atoms with Crippen molar-refractivity contribution in [3.63, 3.8) is 0 Å². The Hall–Kier alpha value is -5.55. The zero-order chi connectivity index (χ0) is 51.1. The molecule has 0 spiro atoms. The fraction of sp³-hybridized carbons (Fsp3) is 0.571. The SMILES string of the molecule is Cc1ccc(CN2CCN(C(=O)n3ccc(NS(C)(=O)=O)n3)CC2)cc1C1CCN(C(=O)OC(C)(C)C)CC1.Cc1ccc(CN2CCN(C(=O)n3ccc(NS(C)(=O)=O)n3)CC2)cc1C1CCNCC1. The number of benzene rings is 2. The second kappa shape index (κ2) is 22.9. The van der Waals surface area contributed by atoms with Crippen LogP contribution < -0.4 is 14.8 Å². The molecule has 4 fully saturated rings. The molecule has 4 aromatic rings. The highest BCUT2D eigenvalue weighted by molar-refractivity contribution is 7.92. The van der Waals surface area contributed by atoms with E-state index in [0.29, 0.717) is 51.1 Å². The van der Waals surface area contributed by atoms with Crippen LogP contribution in [0.5, 0.6) is 0 Å². The first-order chi connectivity index (χ1) is 33.6. The summed E-state index contributed by atoms with van der Waals surface area (Å²) in [6.45, 7) is 20.7. The van der Waals surface area contributed by atoms with Crippen molar-refractivity contribution in [2.24, 2.45) is 0 Å². The number of rotatable bonds is 10. The lowest BCUT2D eigenvalue weighted by Crippen LogP contribution is -2.49. The molecule has 2 aromatic carbocycles. The first-order valence-electron chi connectivity index (χ1n) is 24.5. The van der Waals surface area contributed by atoms with Gasteiger partial charge in [-0.3, -0.25) is 19.2 Å². The fourth-order valence-electron chi connectivity index (χ4n) is 9.64. The van der Waals surface area contributed by atoms with Crippen LogP contribution in [-0.4, -0.2) is 176 Å². The standard InChI is InChI=1S/C27H40N6O5S.C22H32N6O3S/c1-20-6-7-21(18-23(20)22-8-11-32(12-9-22)26(35)38-27(2,3)4)19-30-14-16-31(17-15-30)25(34)33-13-10-24(28-33)29-39(5,36)37;1-17-3-4-18(15-20(17)19-5-8-23-9-6-19)16-26-11-13-27(14-12-26)22(29)28-10-7-21(24-28)25-32(2,30)31/h6-7,10,13,18,22H,8-9,11-12,14-17,19H2,1-5H3,(H,28,29);3-4,7,10,15,19,23H,5-6,8-9,11-14,16H2,1-2H3,(H,24,25). The monoisotopic (exact) mass is 1020 g/mol. The Morgan fingerprint density at radius 2 is 1.01 bits per heavy atom. The number of ether oxygens (including phenoxy) is 1. The third-order valence-corrected chi connectivity index (χ3v) is 14.5. The maximum atomic E-state index is 12.8. The molecule has 4 aliphatic heterocycles. The highest BCUT2D eigenvalue weighted by Crippen LogP contribution is 2.33. The molecule has 22 heteroatoms. The van der Waals surface area contributed by atoms with E-state index in [-0.39, 0.29) is 29.8 Å². The average Bonchev–Trinajstić information content (AvgIpc) is 3.99. The van der Waals surface area contributed by atoms with E-state index in [4.69, 9.17) is 4.74 Å². The lowest BCUT2D eigenvalue weighted by Gasteiger charge is -2.35. The quantitative estimate of drug-likeness (QED) is 0.185. The van der Waals surface area contributed by atoms with Gasteiger partial charge in [-0.1, -0.05) is 36.4 Å². The second-order valence-corrected chi connectivity index (χ2v) is 23.8. The van der Waals surface area contributed by atoms with Crippen molar-refractivity contribution in [1.29, 1.82) is 0 Å². The van der Waals surface area contributed by atoms with Gasteiger partial charge < -0.3 is 24.8 Å². The van der Waals surface area contributed by atoms with E-state index in [1.165, 1.54) is 80.1 Å². The zero-order valence-corrected chi connectivity index (χ0v) is 43.9. The van der Waals surface area contributed by atoms with E-state index < -0.39 is 25.6 Å². The van der Waals surface area contributed by atoms with Crippen LogP contribution >= 0.6 is 0 Å². The van der Waals surface area contributed by atoms with E-state index in [1.54, 1.807) is 9.80 Å². The number of carbonyl (C=O) groups excluding carboxylic acids is 3. The van der Waals surface area contributed by atoms with Crippen molar-refractivity contribution in [1.82, 2.24) is 49.4 Å². The van der Waals surface area contributed by atoms with Gasteiger partial charge in [-0.15, -0.1) is 10.2 Å². The number of nitrogens with zero attached hydrogens (tertiary/aromatic N) is 9. The van der Waals surface area contributed by atoms with Crippen molar-refractivity contribution < 1.29 is 36.0 Å². The predicted molar refractivity (Wildman–Crippen MR) is 274 cm³/mol. The highest BCUT2D eigenvalue weighted by atomic mass is 32.2. The number of anilines is 2. The zero-order valence-electron chi connectivity index (χ0n) is 42.3. The molecule has 0 atom stereocenters. The summed E-state index contributed by atoms with van der Waals surface area (Å²) in [7, 11) is -6.88. The lowest BCUT2D eigenvalue weighted by molar-refractivity contribution is 0.0204. The van der Waals surface area contributed by atoms with Gasteiger partial charge in [0.15, 0.2) is 11.6 Å². The Balaban J connectivity index is 0.000000213. The molecule has 388 valence electrons. The Morgan fingerprint density at radius 1 is 0.606 bits per heavy atom. The number of hydrogen-bond acceptors (Lipinski definition) is 13. The van der Waals surface area contributed by atoms with Gasteiger partial charge in [-0.05, 0) is 119 Å². The number of nitrogens with one attached hydrogen (secondary N) is 3. The van der Waals surface area contributed by atoms with Crippen LogP contribution in [0, 0.1) is 13.8 Å². The lowest BCUT2D eigenvalue weighted by atomic mass is 9.86. The Labute approximate surface area is 419 Å². The van der Waals surface area contributed by atoms with Crippen molar-refractivity contribution in [2.45, 2.75) is 90.8 Å². The molecule has 6 heterocycles. The van der Waals surface area contributed by atoms with Crippen LogP contribution in [0.1, 0.15) is 91.7 Å². The molecule has 0 unspecified atom stereocenters. The Morgan fingerprint density at radius 3 is 1.41 bits per heavy atom. The minimum Gasteiger partial charge on any atom is -0.444 e. The second-order valence-electron chi connectivity index (χ2n) is 20.3. The predicted octanol–water partition coefficient (Wildman–Crippen LogP) is 5.28. The van der Waals surface area contributed by atoms with Crippen LogP contribution in [0.4, 0.5) is 26.0 Å². The summed E-state index contributed by atoms with van der Waals surface area (Å²) < 4.78 is 57.9. The third kappa shape index (κ3) is 15.5. The van der Waals surface area contributed by atoms with Gasteiger partial charge in [-0.25, -0.2) is 31.2 Å². The van der Waals surface area contributed by atoms with Crippen LogP contribution in [0.25, 0.3) is 0 Å². The minimum atomic E-state index is -3.45. The molecule has 2 aromatic heterocycles. The number of likely N-dealkylation sites (tertiary alicyclic amines) is 1. The number of carbonyl (C=O) groups is 3. The molecular weight excluding hydrogens is 949 g/mol. The molecule has 71 heavy (non-hydrogen) atoms. The van der Waals surface area contributed by atoms with E-state index in [0.717, 1.165) is 77.7 Å². The number of sulfonamides is 2. The minimum absolute atomic E-state index is 0.121. The third-order valence-electron chi connectivity index (χ3n) is 13.3. The molecule has 0 bridgehead atoms. The summed E-state index contributed by atoms with van der Waals surface area (Å²) in [5, 5.41) is 11.5. The maximum absolute atomic E-state index is 12.8. The first kappa shape index (κ1) is 53.3. The molecular formula is C49H72N12O8S2. The highest BCUT2D eigenvalue weighted by Gasteiger charge is 2.30. The van der Waals surface area contributed by atoms with Gasteiger partial charge in [0.05, 0.1) is 12.5 Å². The average molecular weight is 1020 g/mol. The van der Waals surface area contributed by atoms with Gasteiger partial charge in [-0.2, -0.15) is 9.36 Å². The first-order valence-corrected chi connectivity index (χ1v) is 28.3. The van der Waals surface area contributed by atoms with Crippen molar-refractivity contribution >= 4 is 49.8 Å².